The Morgan fingerprint density at radius 2 is 2.25 bits per heavy atom. The molecule has 8 heavy (non-hydrogen) atoms. The Labute approximate surface area is 48.4 Å². The van der Waals surface area contributed by atoms with Crippen LogP contribution in [0.15, 0.2) is 25.3 Å². The van der Waals surface area contributed by atoms with Crippen molar-refractivity contribution in [2.45, 2.75) is 12.5 Å². The summed E-state index contributed by atoms with van der Waals surface area (Å²) in [5.74, 6) is 0. The fourth-order valence-electron chi connectivity index (χ4n) is 0.333. The van der Waals surface area contributed by atoms with Crippen molar-refractivity contribution in [2.24, 2.45) is 0 Å². The molecule has 0 rings (SSSR count). The second kappa shape index (κ2) is 4.53. The summed E-state index contributed by atoms with van der Waals surface area (Å²) in [7, 11) is 0. The van der Waals surface area contributed by atoms with Gasteiger partial charge in [-0.15, -0.1) is 13.2 Å². The van der Waals surface area contributed by atoms with Gasteiger partial charge < -0.3 is 0 Å². The minimum Gasteiger partial charge on any atom is -0.186 e. The maximum absolute atomic E-state index is 11.2. The molecule has 2 heteroatoms. The number of halogens is 1. The molecule has 1 nitrogen and oxygen atoms in total. The molecule has 0 amide bonds. The van der Waals surface area contributed by atoms with Gasteiger partial charge in [0, 0.05) is 0 Å². The van der Waals surface area contributed by atoms with Gasteiger partial charge in [-0.05, 0) is 10.9 Å². The van der Waals surface area contributed by atoms with Crippen LogP contribution in [0.3, 0.4) is 0 Å². The summed E-state index contributed by atoms with van der Waals surface area (Å²) in [6.45, 7) is 6.74. The van der Waals surface area contributed by atoms with Gasteiger partial charge in [0.15, 0.2) is 0 Å². The van der Waals surface area contributed by atoms with E-state index in [1.165, 1.54) is 6.08 Å². The van der Waals surface area contributed by atoms with Gasteiger partial charge in [0.05, 0.1) is 0 Å². The number of hydrogen-bond acceptors (Lipinski definition) is 1. The smallest absolute Gasteiger partial charge is 0.120 e. The zero-order valence-corrected chi connectivity index (χ0v) is 4.64. The Morgan fingerprint density at radius 1 is 1.62 bits per heavy atom. The summed E-state index contributed by atoms with van der Waals surface area (Å²) >= 11 is 0. The lowest BCUT2D eigenvalue weighted by Gasteiger charge is -1.99. The molecular formula is C6H9FO. The van der Waals surface area contributed by atoms with Crippen LogP contribution in [0.4, 0.5) is 4.53 Å². The highest BCUT2D eigenvalue weighted by atomic mass is 19.3. The quantitative estimate of drug-likeness (QED) is 0.510. The van der Waals surface area contributed by atoms with Crippen LogP contribution >= 0.6 is 0 Å². The van der Waals surface area contributed by atoms with Crippen LogP contribution in [0.2, 0.25) is 0 Å². The molecule has 0 aliphatic rings. The van der Waals surface area contributed by atoms with Gasteiger partial charge in [0.2, 0.25) is 0 Å². The van der Waals surface area contributed by atoms with Crippen LogP contribution in [0.25, 0.3) is 0 Å². The first-order valence-corrected chi connectivity index (χ1v) is 2.36. The molecule has 0 spiro atoms. The Morgan fingerprint density at radius 3 is 2.38 bits per heavy atom. The third kappa shape index (κ3) is 2.53. The Bertz CT molecular complexity index is 80.6. The first-order chi connectivity index (χ1) is 3.85. The molecule has 1 unspecified atom stereocenters. The lowest BCUT2D eigenvalue weighted by molar-refractivity contribution is -0.160. The molecule has 0 aromatic carbocycles. The van der Waals surface area contributed by atoms with E-state index < -0.39 is 6.10 Å². The molecule has 1 atom stereocenters. The normalized spacial score (nSPS) is 12.6. The van der Waals surface area contributed by atoms with Gasteiger partial charge >= 0.3 is 0 Å². The molecule has 0 saturated carbocycles. The molecule has 0 bridgehead atoms. The van der Waals surface area contributed by atoms with Crippen LogP contribution in [-0.4, -0.2) is 6.10 Å². The topological polar surface area (TPSA) is 9.23 Å². The van der Waals surface area contributed by atoms with Gasteiger partial charge in [0.25, 0.3) is 0 Å². The predicted octanol–water partition coefficient (Wildman–Crippen LogP) is 2.02. The summed E-state index contributed by atoms with van der Waals surface area (Å²) < 4.78 is 11.2. The monoisotopic (exact) mass is 116 g/mol. The second-order valence-corrected chi connectivity index (χ2v) is 1.39. The maximum atomic E-state index is 11.2. The van der Waals surface area contributed by atoms with Crippen LogP contribution in [0.5, 0.6) is 0 Å². The lowest BCUT2D eigenvalue weighted by atomic mass is 10.2. The van der Waals surface area contributed by atoms with E-state index in [2.05, 4.69) is 18.1 Å². The van der Waals surface area contributed by atoms with E-state index in [9.17, 15) is 4.53 Å². The molecule has 0 radical (unpaired) electrons. The van der Waals surface area contributed by atoms with Gasteiger partial charge in [-0.1, -0.05) is 12.2 Å². The maximum Gasteiger partial charge on any atom is 0.120 e. The molecule has 0 aliphatic heterocycles. The SMILES string of the molecule is C=CCC(C=C)OF. The molecule has 0 aromatic rings. The first kappa shape index (κ1) is 7.37. The summed E-state index contributed by atoms with van der Waals surface area (Å²) in [4.78, 5) is 3.45. The van der Waals surface area contributed by atoms with Crippen molar-refractivity contribution in [3.05, 3.63) is 25.3 Å². The van der Waals surface area contributed by atoms with Crippen molar-refractivity contribution < 1.29 is 9.47 Å². The van der Waals surface area contributed by atoms with E-state index in [-0.39, 0.29) is 0 Å². The average Bonchev–Trinajstić information content (AvgIpc) is 1.83. The standard InChI is InChI=1S/C6H9FO/c1-3-5-6(4-2)8-7/h3-4,6H,1-2,5H2. The van der Waals surface area contributed by atoms with Crippen molar-refractivity contribution in [3.8, 4) is 0 Å². The summed E-state index contributed by atoms with van der Waals surface area (Å²) in [6.07, 6.45) is 2.92. The molecule has 0 aliphatic carbocycles. The van der Waals surface area contributed by atoms with E-state index in [0.717, 1.165) is 0 Å². The highest BCUT2D eigenvalue weighted by Gasteiger charge is 1.98. The third-order valence-corrected chi connectivity index (χ3v) is 0.776. The Balaban J connectivity index is 3.35. The molecule has 0 N–H and O–H groups in total. The van der Waals surface area contributed by atoms with Crippen LogP contribution in [-0.2, 0) is 4.94 Å². The Hall–Kier alpha value is -0.630. The van der Waals surface area contributed by atoms with Gasteiger partial charge in [-0.25, -0.2) is 0 Å². The molecule has 0 saturated heterocycles. The third-order valence-electron chi connectivity index (χ3n) is 0.776. The van der Waals surface area contributed by atoms with Crippen molar-refractivity contribution in [2.75, 3.05) is 0 Å². The molecule has 0 heterocycles. The molecule has 46 valence electrons. The molecule has 0 fully saturated rings. The first-order valence-electron chi connectivity index (χ1n) is 2.36. The number of hydrogen-bond donors (Lipinski definition) is 0. The molecular weight excluding hydrogens is 107 g/mol. The highest BCUT2D eigenvalue weighted by Crippen LogP contribution is 1.99. The fourth-order valence-corrected chi connectivity index (χ4v) is 0.333. The van der Waals surface area contributed by atoms with Crippen molar-refractivity contribution in [1.29, 1.82) is 0 Å². The fraction of sp³-hybridized carbons (Fsp3) is 0.333. The van der Waals surface area contributed by atoms with E-state index in [1.807, 2.05) is 0 Å². The van der Waals surface area contributed by atoms with E-state index in [0.29, 0.717) is 6.42 Å². The van der Waals surface area contributed by atoms with E-state index >= 15 is 0 Å². The highest BCUT2D eigenvalue weighted by molar-refractivity contribution is 4.85. The largest absolute Gasteiger partial charge is 0.186 e. The Kier molecular flexibility index (Phi) is 4.17. The summed E-state index contributed by atoms with van der Waals surface area (Å²) in [5, 5.41) is 0. The number of rotatable bonds is 4. The zero-order valence-electron chi connectivity index (χ0n) is 4.64. The van der Waals surface area contributed by atoms with Crippen molar-refractivity contribution >= 4 is 0 Å². The summed E-state index contributed by atoms with van der Waals surface area (Å²) in [5.41, 5.74) is 0. The van der Waals surface area contributed by atoms with Crippen LogP contribution in [0, 0.1) is 0 Å². The van der Waals surface area contributed by atoms with Crippen LogP contribution in [0.1, 0.15) is 6.42 Å². The molecule has 0 aromatic heterocycles. The van der Waals surface area contributed by atoms with Crippen LogP contribution < -0.4 is 0 Å². The minimum absolute atomic E-state index is 0.472. The zero-order chi connectivity index (χ0) is 6.41. The van der Waals surface area contributed by atoms with Gasteiger partial charge in [-0.3, -0.25) is 0 Å². The minimum atomic E-state index is -0.521. The van der Waals surface area contributed by atoms with Gasteiger partial charge in [0.1, 0.15) is 6.10 Å². The lowest BCUT2D eigenvalue weighted by Crippen LogP contribution is -2.00. The van der Waals surface area contributed by atoms with E-state index in [4.69, 9.17) is 0 Å². The van der Waals surface area contributed by atoms with E-state index in [1.54, 1.807) is 6.08 Å². The average molecular weight is 116 g/mol. The van der Waals surface area contributed by atoms with Gasteiger partial charge in [-0.2, -0.15) is 4.94 Å². The van der Waals surface area contributed by atoms with Crippen molar-refractivity contribution in [1.82, 2.24) is 0 Å². The predicted molar refractivity (Wildman–Crippen MR) is 31.0 cm³/mol. The second-order valence-electron chi connectivity index (χ2n) is 1.39. The summed E-state index contributed by atoms with van der Waals surface area (Å²) in [6, 6.07) is 0. The van der Waals surface area contributed by atoms with Crippen molar-refractivity contribution in [3.63, 3.8) is 0 Å².